The van der Waals surface area contributed by atoms with Gasteiger partial charge in [0.1, 0.15) is 18.1 Å². The third-order valence-corrected chi connectivity index (χ3v) is 4.67. The number of nitrogen functional groups attached to an aromatic ring is 1. The van der Waals surface area contributed by atoms with Crippen molar-refractivity contribution in [3.8, 4) is 17.2 Å². The van der Waals surface area contributed by atoms with E-state index >= 15 is 0 Å². The molecular formula is C19H25IN4O5. The number of amides is 1. The number of carbonyl (C=O) groups excluding carboxylic acids is 1. The maximum atomic E-state index is 12.2. The summed E-state index contributed by atoms with van der Waals surface area (Å²) in [6.45, 7) is 4.66. The van der Waals surface area contributed by atoms with Crippen molar-refractivity contribution in [1.29, 1.82) is 0 Å². The Bertz CT molecular complexity index is 848. The minimum absolute atomic E-state index is 0.0151. The maximum Gasteiger partial charge on any atom is 0.251 e. The minimum Gasteiger partial charge on any atom is -0.496 e. The van der Waals surface area contributed by atoms with Crippen LogP contribution in [0, 0.1) is 3.57 Å². The lowest BCUT2D eigenvalue weighted by Gasteiger charge is -2.18. The fourth-order valence-corrected chi connectivity index (χ4v) is 3.05. The van der Waals surface area contributed by atoms with Crippen LogP contribution in [0.2, 0.25) is 0 Å². The van der Waals surface area contributed by atoms with Crippen LogP contribution in [0.4, 0.5) is 11.8 Å². The van der Waals surface area contributed by atoms with E-state index in [1.165, 1.54) is 6.20 Å². The molecule has 0 aliphatic heterocycles. The van der Waals surface area contributed by atoms with Crippen LogP contribution in [-0.2, 0) is 14.3 Å². The molecule has 1 aromatic carbocycles. The summed E-state index contributed by atoms with van der Waals surface area (Å²) in [5.41, 5.74) is 6.63. The number of nitrogens with one attached hydrogen (secondary N) is 1. The molecule has 0 saturated heterocycles. The molecule has 0 unspecified atom stereocenters. The van der Waals surface area contributed by atoms with Gasteiger partial charge in [-0.2, -0.15) is 4.98 Å². The van der Waals surface area contributed by atoms with E-state index in [0.29, 0.717) is 19.0 Å². The molecule has 1 heterocycles. The molecule has 0 aliphatic carbocycles. The topological polar surface area (TPSA) is 118 Å². The summed E-state index contributed by atoms with van der Waals surface area (Å²) in [7, 11) is 3.18. The number of benzene rings is 1. The number of hydrogen-bond acceptors (Lipinski definition) is 8. The number of carbonyl (C=O) groups is 1. The Balaban J connectivity index is 2.25. The second-order valence-corrected chi connectivity index (χ2v) is 7.48. The Labute approximate surface area is 183 Å². The fourth-order valence-electron chi connectivity index (χ4n) is 2.39. The number of aromatic nitrogens is 2. The van der Waals surface area contributed by atoms with Crippen LogP contribution >= 0.6 is 22.6 Å². The minimum atomic E-state index is -0.391. The van der Waals surface area contributed by atoms with E-state index in [4.69, 9.17) is 24.7 Å². The maximum absolute atomic E-state index is 12.2. The van der Waals surface area contributed by atoms with Gasteiger partial charge in [-0.1, -0.05) is 13.8 Å². The van der Waals surface area contributed by atoms with Crippen LogP contribution in [-0.4, -0.2) is 49.9 Å². The number of ether oxygens (including phenoxy) is 4. The van der Waals surface area contributed by atoms with Crippen molar-refractivity contribution >= 4 is 40.3 Å². The Morgan fingerprint density at radius 1 is 1.21 bits per heavy atom. The zero-order chi connectivity index (χ0) is 21.4. The van der Waals surface area contributed by atoms with Crippen LogP contribution in [0.1, 0.15) is 25.3 Å². The molecule has 2 aromatic rings. The van der Waals surface area contributed by atoms with Gasteiger partial charge >= 0.3 is 0 Å². The second kappa shape index (κ2) is 11.1. The van der Waals surface area contributed by atoms with Crippen LogP contribution in [0.3, 0.4) is 0 Å². The largest absolute Gasteiger partial charge is 0.496 e. The van der Waals surface area contributed by atoms with E-state index in [-0.39, 0.29) is 30.0 Å². The summed E-state index contributed by atoms with van der Waals surface area (Å²) in [5.74, 6) is 1.62. The average Bonchev–Trinajstić information content (AvgIpc) is 2.67. The molecule has 0 fully saturated rings. The molecule has 0 aliphatic rings. The second-order valence-electron chi connectivity index (χ2n) is 6.32. The van der Waals surface area contributed by atoms with Gasteiger partial charge in [0, 0.05) is 12.7 Å². The smallest absolute Gasteiger partial charge is 0.251 e. The number of methoxy groups -OCH3 is 2. The van der Waals surface area contributed by atoms with Crippen LogP contribution in [0.5, 0.6) is 17.2 Å². The van der Waals surface area contributed by atoms with Crippen LogP contribution in [0.15, 0.2) is 18.3 Å². The first-order chi connectivity index (χ1) is 13.8. The first kappa shape index (κ1) is 23.1. The fraction of sp³-hybridized carbons (Fsp3) is 0.421. The van der Waals surface area contributed by atoms with E-state index in [9.17, 15) is 4.79 Å². The third kappa shape index (κ3) is 6.68. The predicted octanol–water partition coefficient (Wildman–Crippen LogP) is 3.19. The molecule has 1 amide bonds. The normalized spacial score (nSPS) is 10.8. The number of hydrogen-bond donors (Lipinski definition) is 2. The summed E-state index contributed by atoms with van der Waals surface area (Å²) in [5, 5.41) is 2.65. The zero-order valence-electron chi connectivity index (χ0n) is 16.8. The van der Waals surface area contributed by atoms with Crippen molar-refractivity contribution in [1.82, 2.24) is 9.97 Å². The quantitative estimate of drug-likeness (QED) is 0.365. The lowest BCUT2D eigenvalue weighted by atomic mass is 10.0. The number of anilines is 2. The van der Waals surface area contributed by atoms with Crippen LogP contribution < -0.4 is 20.5 Å². The SMILES string of the molecule is COCCOCC(=O)Nc1nc(N)ncc1Oc1cc(I)c(OC)cc1C(C)C. The van der Waals surface area contributed by atoms with Crippen molar-refractivity contribution in [3.05, 3.63) is 27.5 Å². The molecule has 0 bridgehead atoms. The summed E-state index contributed by atoms with van der Waals surface area (Å²) in [4.78, 5) is 20.2. The van der Waals surface area contributed by atoms with Gasteiger partial charge in [-0.05, 0) is 40.6 Å². The molecule has 1 aromatic heterocycles. The van der Waals surface area contributed by atoms with E-state index in [0.717, 1.165) is 14.9 Å². The average molecular weight is 516 g/mol. The molecular weight excluding hydrogens is 491 g/mol. The molecule has 0 saturated carbocycles. The van der Waals surface area contributed by atoms with Gasteiger partial charge in [-0.25, -0.2) is 4.98 Å². The highest BCUT2D eigenvalue weighted by Crippen LogP contribution is 2.38. The van der Waals surface area contributed by atoms with Crippen molar-refractivity contribution in [2.45, 2.75) is 19.8 Å². The van der Waals surface area contributed by atoms with Crippen LogP contribution in [0.25, 0.3) is 0 Å². The van der Waals surface area contributed by atoms with Gasteiger partial charge in [0.15, 0.2) is 11.6 Å². The molecule has 3 N–H and O–H groups in total. The molecule has 10 heteroatoms. The van der Waals surface area contributed by atoms with Gasteiger partial charge in [-0.3, -0.25) is 4.79 Å². The number of rotatable bonds is 10. The molecule has 9 nitrogen and oxygen atoms in total. The molecule has 0 radical (unpaired) electrons. The lowest BCUT2D eigenvalue weighted by molar-refractivity contribution is -0.121. The van der Waals surface area contributed by atoms with E-state index in [1.807, 2.05) is 26.0 Å². The summed E-state index contributed by atoms with van der Waals surface area (Å²) >= 11 is 2.17. The van der Waals surface area contributed by atoms with Gasteiger partial charge in [0.05, 0.1) is 30.1 Å². The third-order valence-electron chi connectivity index (χ3n) is 3.82. The van der Waals surface area contributed by atoms with Crippen molar-refractivity contribution < 1.29 is 23.7 Å². The Hall–Kier alpha value is -2.18. The first-order valence-corrected chi connectivity index (χ1v) is 9.97. The molecule has 29 heavy (non-hydrogen) atoms. The highest BCUT2D eigenvalue weighted by atomic mass is 127. The van der Waals surface area contributed by atoms with Crippen molar-refractivity contribution in [2.24, 2.45) is 0 Å². The van der Waals surface area contributed by atoms with Gasteiger partial charge in [-0.15, -0.1) is 0 Å². The summed E-state index contributed by atoms with van der Waals surface area (Å²) < 4.78 is 22.5. The predicted molar refractivity (Wildman–Crippen MR) is 118 cm³/mol. The summed E-state index contributed by atoms with van der Waals surface area (Å²) in [6.07, 6.45) is 1.42. The van der Waals surface area contributed by atoms with Crippen molar-refractivity contribution in [3.63, 3.8) is 0 Å². The highest BCUT2D eigenvalue weighted by Gasteiger charge is 2.17. The number of nitrogens with two attached hydrogens (primary N) is 1. The van der Waals surface area contributed by atoms with E-state index < -0.39 is 5.91 Å². The molecule has 2 rings (SSSR count). The number of nitrogens with zero attached hydrogens (tertiary/aromatic N) is 2. The highest BCUT2D eigenvalue weighted by molar-refractivity contribution is 14.1. The Morgan fingerprint density at radius 3 is 2.62 bits per heavy atom. The molecule has 0 atom stereocenters. The standard InChI is InChI=1S/C19H25IN4O5/c1-11(2)12-7-15(27-4)13(20)8-14(12)29-16-9-22-19(21)24-18(16)23-17(25)10-28-6-5-26-3/h7-9,11H,5-6,10H2,1-4H3,(H3,21,22,23,24,25). The van der Waals surface area contributed by atoms with E-state index in [1.54, 1.807) is 14.2 Å². The zero-order valence-corrected chi connectivity index (χ0v) is 19.0. The van der Waals surface area contributed by atoms with Gasteiger partial charge in [0.2, 0.25) is 5.95 Å². The van der Waals surface area contributed by atoms with Crippen molar-refractivity contribution in [2.75, 3.05) is 45.1 Å². The Kier molecular flexibility index (Phi) is 8.86. The first-order valence-electron chi connectivity index (χ1n) is 8.90. The molecule has 0 spiro atoms. The van der Waals surface area contributed by atoms with Gasteiger partial charge < -0.3 is 30.0 Å². The summed E-state index contributed by atoms with van der Waals surface area (Å²) in [6, 6.07) is 3.80. The Morgan fingerprint density at radius 2 is 1.97 bits per heavy atom. The van der Waals surface area contributed by atoms with E-state index in [2.05, 4.69) is 37.9 Å². The monoisotopic (exact) mass is 516 g/mol. The number of halogens is 1. The lowest BCUT2D eigenvalue weighted by Crippen LogP contribution is -2.21. The van der Waals surface area contributed by atoms with Gasteiger partial charge in [0.25, 0.3) is 5.91 Å². The molecule has 158 valence electrons.